The second-order valence-corrected chi connectivity index (χ2v) is 13.7. The van der Waals surface area contributed by atoms with Crippen LogP contribution in [0.3, 0.4) is 0 Å². The van der Waals surface area contributed by atoms with E-state index < -0.39 is 0 Å². The summed E-state index contributed by atoms with van der Waals surface area (Å²) in [5, 5.41) is 0. The van der Waals surface area contributed by atoms with Crippen molar-refractivity contribution in [1.29, 1.82) is 0 Å². The van der Waals surface area contributed by atoms with Crippen LogP contribution in [0.15, 0.2) is 23.8 Å². The molecule has 0 aromatic carbocycles. The molecule has 8 atom stereocenters. The maximum Gasteiger partial charge on any atom is 0.312 e. The molecule has 0 bridgehead atoms. The highest BCUT2D eigenvalue weighted by molar-refractivity contribution is 5.95. The van der Waals surface area contributed by atoms with E-state index >= 15 is 0 Å². The lowest BCUT2D eigenvalue weighted by atomic mass is 9.34. The van der Waals surface area contributed by atoms with Crippen molar-refractivity contribution in [3.8, 4) is 0 Å². The highest BCUT2D eigenvalue weighted by Crippen LogP contribution is 2.74. The predicted molar refractivity (Wildman–Crippen MR) is 154 cm³/mol. The van der Waals surface area contributed by atoms with E-state index in [0.717, 1.165) is 44.9 Å². The highest BCUT2D eigenvalue weighted by Gasteiger charge is 2.68. The summed E-state index contributed by atoms with van der Waals surface area (Å²) in [6.45, 7) is 22.2. The first-order valence-electron chi connectivity index (χ1n) is 15.4. The van der Waals surface area contributed by atoms with Crippen LogP contribution in [0, 0.1) is 50.7 Å². The van der Waals surface area contributed by atoms with E-state index in [2.05, 4.69) is 53.7 Å². The zero-order valence-electron chi connectivity index (χ0n) is 25.9. The summed E-state index contributed by atoms with van der Waals surface area (Å²) >= 11 is 0. The summed E-state index contributed by atoms with van der Waals surface area (Å²) in [5.41, 5.74) is 1.26. The highest BCUT2D eigenvalue weighted by atomic mass is 16.5. The SMILES string of the molecule is CC.CC.COC(=O)C12CCC(C)CC1C1=CCC3C4(C)C=CC(=O)C(C)(C)C4CCC3(C)[C@]1(C)CC2. The minimum atomic E-state index is -0.323. The molecule has 0 saturated heterocycles. The van der Waals surface area contributed by atoms with Crippen LogP contribution < -0.4 is 0 Å². The molecule has 5 aliphatic rings. The number of esters is 1. The van der Waals surface area contributed by atoms with E-state index in [1.54, 1.807) is 12.7 Å². The fourth-order valence-corrected chi connectivity index (χ4v) is 9.97. The number of hydrogen-bond donors (Lipinski definition) is 0. The Balaban J connectivity index is 0.000000907. The van der Waals surface area contributed by atoms with Gasteiger partial charge >= 0.3 is 5.97 Å². The standard InChI is InChI=1S/C30H44O3.2C2H6/c1-19-10-15-30(25(32)33-7)17-16-28(5)20(21(30)18-19)8-9-23-27(4)13-12-24(31)26(2,3)22(27)11-14-29(23,28)6;2*1-2/h8,12-13,19,21-23H,9-11,14-18H2,1-7H3;2*1-2H3/t19?,21?,22?,23?,27?,28-,29?,30?;;/m1../s1. The van der Waals surface area contributed by atoms with Crippen molar-refractivity contribution >= 4 is 11.8 Å². The van der Waals surface area contributed by atoms with Crippen molar-refractivity contribution in [2.45, 2.75) is 121 Å². The first kappa shape index (κ1) is 30.2. The molecule has 3 saturated carbocycles. The molecule has 0 aromatic rings. The molecule has 0 aliphatic heterocycles. The molecule has 0 amide bonds. The van der Waals surface area contributed by atoms with Crippen molar-refractivity contribution < 1.29 is 14.3 Å². The molecule has 3 fully saturated rings. The molecule has 3 heteroatoms. The zero-order chi connectivity index (χ0) is 28.0. The van der Waals surface area contributed by atoms with E-state index in [1.165, 1.54) is 6.42 Å². The largest absolute Gasteiger partial charge is 0.469 e. The minimum absolute atomic E-state index is 0.0285. The van der Waals surface area contributed by atoms with Crippen LogP contribution in [0.2, 0.25) is 0 Å². The van der Waals surface area contributed by atoms with Gasteiger partial charge in [0.25, 0.3) is 0 Å². The van der Waals surface area contributed by atoms with Crippen LogP contribution in [0.5, 0.6) is 0 Å². The molecule has 3 nitrogen and oxygen atoms in total. The Morgan fingerprint density at radius 1 is 0.919 bits per heavy atom. The third kappa shape index (κ3) is 4.03. The summed E-state index contributed by atoms with van der Waals surface area (Å²) in [4.78, 5) is 26.0. The van der Waals surface area contributed by atoms with E-state index in [1.807, 2.05) is 33.8 Å². The van der Waals surface area contributed by atoms with Crippen molar-refractivity contribution in [3.63, 3.8) is 0 Å². The first-order chi connectivity index (χ1) is 17.4. The van der Waals surface area contributed by atoms with Gasteiger partial charge in [0.15, 0.2) is 5.78 Å². The molecule has 0 spiro atoms. The molecule has 0 radical (unpaired) electrons. The number of carbonyl (C=O) groups is 2. The second-order valence-electron chi connectivity index (χ2n) is 13.7. The summed E-state index contributed by atoms with van der Waals surface area (Å²) in [5.74, 6) is 2.21. The van der Waals surface area contributed by atoms with Gasteiger partial charge in [0.1, 0.15) is 0 Å². The Morgan fingerprint density at radius 2 is 1.57 bits per heavy atom. The van der Waals surface area contributed by atoms with Gasteiger partial charge in [-0.1, -0.05) is 87.0 Å². The van der Waals surface area contributed by atoms with Gasteiger partial charge in [-0.25, -0.2) is 0 Å². The lowest BCUT2D eigenvalue weighted by Gasteiger charge is -2.69. The molecule has 210 valence electrons. The van der Waals surface area contributed by atoms with E-state index in [4.69, 9.17) is 4.74 Å². The zero-order valence-corrected chi connectivity index (χ0v) is 25.9. The average Bonchev–Trinajstić information content (AvgIpc) is 2.89. The summed E-state index contributed by atoms with van der Waals surface area (Å²) in [7, 11) is 1.58. The Bertz CT molecular complexity index is 943. The molecule has 0 N–H and O–H groups in total. The van der Waals surface area contributed by atoms with Gasteiger partial charge in [-0.15, -0.1) is 0 Å². The third-order valence-electron chi connectivity index (χ3n) is 12.2. The first-order valence-corrected chi connectivity index (χ1v) is 15.4. The van der Waals surface area contributed by atoms with E-state index in [9.17, 15) is 9.59 Å². The Labute approximate surface area is 228 Å². The smallest absolute Gasteiger partial charge is 0.312 e. The normalized spacial score (nSPS) is 45.2. The number of allylic oxidation sites excluding steroid dienone is 4. The summed E-state index contributed by atoms with van der Waals surface area (Å²) in [6, 6.07) is 0. The van der Waals surface area contributed by atoms with Gasteiger partial charge in [-0.05, 0) is 97.4 Å². The van der Waals surface area contributed by atoms with Crippen molar-refractivity contribution in [2.24, 2.45) is 50.7 Å². The molecular formula is C34H56O3. The van der Waals surface area contributed by atoms with Gasteiger partial charge in [0, 0.05) is 5.41 Å². The molecule has 5 aliphatic carbocycles. The molecule has 0 heterocycles. The second kappa shape index (κ2) is 10.3. The Morgan fingerprint density at radius 3 is 2.19 bits per heavy atom. The van der Waals surface area contributed by atoms with E-state index in [0.29, 0.717) is 29.5 Å². The third-order valence-corrected chi connectivity index (χ3v) is 12.2. The number of ketones is 1. The van der Waals surface area contributed by atoms with E-state index in [-0.39, 0.29) is 33.0 Å². The van der Waals surface area contributed by atoms with Crippen LogP contribution in [-0.2, 0) is 14.3 Å². The fourth-order valence-electron chi connectivity index (χ4n) is 9.97. The van der Waals surface area contributed by atoms with Crippen molar-refractivity contribution in [2.75, 3.05) is 7.11 Å². The minimum Gasteiger partial charge on any atom is -0.469 e. The average molecular weight is 513 g/mol. The summed E-state index contributed by atoms with van der Waals surface area (Å²) < 4.78 is 5.44. The molecule has 5 rings (SSSR count). The van der Waals surface area contributed by atoms with Crippen LogP contribution >= 0.6 is 0 Å². The maximum absolute atomic E-state index is 13.2. The topological polar surface area (TPSA) is 43.4 Å². The van der Waals surface area contributed by atoms with Crippen LogP contribution in [0.4, 0.5) is 0 Å². The van der Waals surface area contributed by atoms with Crippen LogP contribution in [-0.4, -0.2) is 18.9 Å². The monoisotopic (exact) mass is 512 g/mol. The fraction of sp³-hybridized carbons (Fsp3) is 0.824. The lowest BCUT2D eigenvalue weighted by molar-refractivity contribution is -0.175. The Kier molecular flexibility index (Phi) is 8.40. The number of fused-ring (bicyclic) bond motifs is 7. The number of methoxy groups -OCH3 is 1. The number of rotatable bonds is 1. The Hall–Kier alpha value is -1.38. The maximum atomic E-state index is 13.2. The lowest BCUT2D eigenvalue weighted by Crippen LogP contribution is -2.63. The number of ether oxygens (including phenoxy) is 1. The van der Waals surface area contributed by atoms with Gasteiger partial charge in [-0.2, -0.15) is 0 Å². The van der Waals surface area contributed by atoms with Gasteiger partial charge < -0.3 is 4.74 Å². The quantitative estimate of drug-likeness (QED) is 0.260. The van der Waals surface area contributed by atoms with Crippen molar-refractivity contribution in [3.05, 3.63) is 23.8 Å². The number of carbonyl (C=O) groups excluding carboxylic acids is 2. The van der Waals surface area contributed by atoms with Gasteiger partial charge in [-0.3, -0.25) is 9.59 Å². The van der Waals surface area contributed by atoms with Gasteiger partial charge in [0.05, 0.1) is 12.5 Å². The van der Waals surface area contributed by atoms with Crippen molar-refractivity contribution in [1.82, 2.24) is 0 Å². The molecule has 0 aromatic heterocycles. The van der Waals surface area contributed by atoms with Gasteiger partial charge in [0.2, 0.25) is 0 Å². The predicted octanol–water partition coefficient (Wildman–Crippen LogP) is 8.97. The molecule has 37 heavy (non-hydrogen) atoms. The molecule has 7 unspecified atom stereocenters. The van der Waals surface area contributed by atoms with Crippen LogP contribution in [0.1, 0.15) is 121 Å². The van der Waals surface area contributed by atoms with Crippen LogP contribution in [0.25, 0.3) is 0 Å². The molecular weight excluding hydrogens is 456 g/mol. The summed E-state index contributed by atoms with van der Waals surface area (Å²) in [6.07, 6.45) is 15.3. The number of hydrogen-bond acceptors (Lipinski definition) is 3.